The van der Waals surface area contributed by atoms with Crippen molar-refractivity contribution in [2.24, 2.45) is 0 Å². The number of nitrogens with zero attached hydrogens (tertiary/aromatic N) is 2. The Morgan fingerprint density at radius 2 is 2.44 bits per heavy atom. The highest BCUT2D eigenvalue weighted by Gasteiger charge is 2.21. The molecular formula is C11H14BrN3O. The molecule has 0 bridgehead atoms. The van der Waals surface area contributed by atoms with Crippen LogP contribution in [0.25, 0.3) is 0 Å². The van der Waals surface area contributed by atoms with Gasteiger partial charge in [0.1, 0.15) is 0 Å². The number of halogens is 1. The zero-order valence-corrected chi connectivity index (χ0v) is 10.7. The summed E-state index contributed by atoms with van der Waals surface area (Å²) in [5, 5.41) is 3.31. The van der Waals surface area contributed by atoms with Crippen molar-refractivity contribution in [1.29, 1.82) is 0 Å². The van der Waals surface area contributed by atoms with Crippen molar-refractivity contribution in [1.82, 2.24) is 15.2 Å². The van der Waals surface area contributed by atoms with Crippen LogP contribution in [0.5, 0.6) is 0 Å². The van der Waals surface area contributed by atoms with Gasteiger partial charge >= 0.3 is 0 Å². The SMILES string of the molecule is C[C@H]1CN(C(=O)c2cncc(Br)c2)CCN1. The van der Waals surface area contributed by atoms with E-state index in [9.17, 15) is 4.79 Å². The van der Waals surface area contributed by atoms with Gasteiger partial charge in [0.25, 0.3) is 5.91 Å². The molecule has 0 aromatic carbocycles. The molecule has 16 heavy (non-hydrogen) atoms. The molecule has 1 atom stereocenters. The number of aromatic nitrogens is 1. The topological polar surface area (TPSA) is 45.2 Å². The number of amides is 1. The Balaban J connectivity index is 2.12. The van der Waals surface area contributed by atoms with E-state index in [0.29, 0.717) is 11.6 Å². The molecule has 5 heteroatoms. The standard InChI is InChI=1S/C11H14BrN3O/c1-8-7-15(3-2-14-8)11(16)9-4-10(12)6-13-5-9/h4-6,8,14H,2-3,7H2,1H3/t8-/m0/s1. The van der Waals surface area contributed by atoms with Crippen LogP contribution in [-0.4, -0.2) is 41.5 Å². The zero-order valence-electron chi connectivity index (χ0n) is 9.11. The third-order valence-electron chi connectivity index (χ3n) is 2.61. The molecule has 1 aliphatic rings. The van der Waals surface area contributed by atoms with Gasteiger partial charge in [0.2, 0.25) is 0 Å². The molecule has 0 unspecified atom stereocenters. The van der Waals surface area contributed by atoms with Gasteiger partial charge in [0, 0.05) is 42.5 Å². The lowest BCUT2D eigenvalue weighted by Crippen LogP contribution is -2.51. The summed E-state index contributed by atoms with van der Waals surface area (Å²) in [7, 11) is 0. The number of carbonyl (C=O) groups excluding carboxylic acids is 1. The van der Waals surface area contributed by atoms with Crippen LogP contribution in [-0.2, 0) is 0 Å². The lowest BCUT2D eigenvalue weighted by molar-refractivity contribution is 0.0708. The van der Waals surface area contributed by atoms with Gasteiger partial charge < -0.3 is 10.2 Å². The van der Waals surface area contributed by atoms with E-state index in [-0.39, 0.29) is 5.91 Å². The molecule has 86 valence electrons. The van der Waals surface area contributed by atoms with E-state index in [2.05, 4.69) is 33.2 Å². The summed E-state index contributed by atoms with van der Waals surface area (Å²) in [6.07, 6.45) is 3.29. The monoisotopic (exact) mass is 283 g/mol. The molecule has 1 saturated heterocycles. The lowest BCUT2D eigenvalue weighted by Gasteiger charge is -2.31. The highest BCUT2D eigenvalue weighted by atomic mass is 79.9. The highest BCUT2D eigenvalue weighted by Crippen LogP contribution is 2.12. The zero-order chi connectivity index (χ0) is 11.5. The van der Waals surface area contributed by atoms with E-state index >= 15 is 0 Å². The molecule has 0 spiro atoms. The predicted octanol–water partition coefficient (Wildman–Crippen LogP) is 1.28. The van der Waals surface area contributed by atoms with Crippen LogP contribution in [0.4, 0.5) is 0 Å². The second kappa shape index (κ2) is 4.93. The lowest BCUT2D eigenvalue weighted by atomic mass is 10.2. The van der Waals surface area contributed by atoms with Gasteiger partial charge in [-0.1, -0.05) is 0 Å². The van der Waals surface area contributed by atoms with E-state index in [0.717, 1.165) is 24.1 Å². The quantitative estimate of drug-likeness (QED) is 0.845. The fraction of sp³-hybridized carbons (Fsp3) is 0.455. The molecule has 1 N–H and O–H groups in total. The maximum atomic E-state index is 12.1. The maximum Gasteiger partial charge on any atom is 0.255 e. The minimum Gasteiger partial charge on any atom is -0.336 e. The molecule has 4 nitrogen and oxygen atoms in total. The number of nitrogens with one attached hydrogen (secondary N) is 1. The van der Waals surface area contributed by atoms with Crippen LogP contribution in [0.2, 0.25) is 0 Å². The van der Waals surface area contributed by atoms with Crippen molar-refractivity contribution < 1.29 is 4.79 Å². The first-order valence-electron chi connectivity index (χ1n) is 5.30. The smallest absolute Gasteiger partial charge is 0.255 e. The largest absolute Gasteiger partial charge is 0.336 e. The first kappa shape index (κ1) is 11.5. The van der Waals surface area contributed by atoms with E-state index < -0.39 is 0 Å². The van der Waals surface area contributed by atoms with Crippen LogP contribution in [0.1, 0.15) is 17.3 Å². The third-order valence-corrected chi connectivity index (χ3v) is 3.04. The number of hydrogen-bond acceptors (Lipinski definition) is 3. The summed E-state index contributed by atoms with van der Waals surface area (Å²) >= 11 is 3.32. The normalized spacial score (nSPS) is 20.9. The minimum atomic E-state index is 0.0575. The maximum absolute atomic E-state index is 12.1. The molecule has 1 aromatic rings. The van der Waals surface area contributed by atoms with Crippen molar-refractivity contribution in [3.63, 3.8) is 0 Å². The molecular weight excluding hydrogens is 270 g/mol. The number of pyridine rings is 1. The van der Waals surface area contributed by atoms with Gasteiger partial charge in [-0.05, 0) is 28.9 Å². The Kier molecular flexibility index (Phi) is 3.56. The van der Waals surface area contributed by atoms with Crippen molar-refractivity contribution in [2.75, 3.05) is 19.6 Å². The van der Waals surface area contributed by atoms with Gasteiger partial charge in [0.15, 0.2) is 0 Å². The molecule has 0 radical (unpaired) electrons. The highest BCUT2D eigenvalue weighted by molar-refractivity contribution is 9.10. The first-order chi connectivity index (χ1) is 7.66. The van der Waals surface area contributed by atoms with Gasteiger partial charge in [-0.15, -0.1) is 0 Å². The second-order valence-corrected chi connectivity index (χ2v) is 4.91. The van der Waals surface area contributed by atoms with E-state index in [1.54, 1.807) is 12.4 Å². The Hall–Kier alpha value is -0.940. The fourth-order valence-electron chi connectivity index (χ4n) is 1.83. The molecule has 1 fully saturated rings. The summed E-state index contributed by atoms with van der Waals surface area (Å²) in [6, 6.07) is 2.17. The Morgan fingerprint density at radius 3 is 3.12 bits per heavy atom. The van der Waals surface area contributed by atoms with Gasteiger partial charge in [-0.3, -0.25) is 9.78 Å². The molecule has 0 saturated carbocycles. The van der Waals surface area contributed by atoms with Crippen LogP contribution < -0.4 is 5.32 Å². The van der Waals surface area contributed by atoms with Crippen molar-refractivity contribution >= 4 is 21.8 Å². The average molecular weight is 284 g/mol. The minimum absolute atomic E-state index is 0.0575. The van der Waals surface area contributed by atoms with Crippen molar-refractivity contribution in [2.45, 2.75) is 13.0 Å². The Labute approximate surface area is 103 Å². The summed E-state index contributed by atoms with van der Waals surface area (Å²) in [6.45, 7) is 4.45. The van der Waals surface area contributed by atoms with Gasteiger partial charge in [0.05, 0.1) is 5.56 Å². The first-order valence-corrected chi connectivity index (χ1v) is 6.09. The van der Waals surface area contributed by atoms with E-state index in [1.807, 2.05) is 11.0 Å². The summed E-state index contributed by atoms with van der Waals surface area (Å²) < 4.78 is 0.835. The molecule has 1 amide bonds. The predicted molar refractivity (Wildman–Crippen MR) is 65.3 cm³/mol. The number of rotatable bonds is 1. The number of piperazine rings is 1. The number of hydrogen-bond donors (Lipinski definition) is 1. The van der Waals surface area contributed by atoms with Crippen LogP contribution in [0.3, 0.4) is 0 Å². The molecule has 2 rings (SSSR count). The van der Waals surface area contributed by atoms with Crippen LogP contribution in [0, 0.1) is 0 Å². The van der Waals surface area contributed by atoms with Gasteiger partial charge in [-0.25, -0.2) is 0 Å². The second-order valence-electron chi connectivity index (χ2n) is 4.00. The molecule has 2 heterocycles. The summed E-state index contributed by atoms with van der Waals surface area (Å²) in [5.74, 6) is 0.0575. The third kappa shape index (κ3) is 2.59. The summed E-state index contributed by atoms with van der Waals surface area (Å²) in [4.78, 5) is 18.0. The Morgan fingerprint density at radius 1 is 1.62 bits per heavy atom. The van der Waals surface area contributed by atoms with E-state index in [4.69, 9.17) is 0 Å². The summed E-state index contributed by atoms with van der Waals surface area (Å²) in [5.41, 5.74) is 0.642. The Bertz CT molecular complexity index is 397. The van der Waals surface area contributed by atoms with Gasteiger partial charge in [-0.2, -0.15) is 0 Å². The average Bonchev–Trinajstić information content (AvgIpc) is 2.28. The molecule has 1 aliphatic heterocycles. The van der Waals surface area contributed by atoms with Crippen molar-refractivity contribution in [3.05, 3.63) is 28.5 Å². The fourth-order valence-corrected chi connectivity index (χ4v) is 2.19. The van der Waals surface area contributed by atoms with E-state index in [1.165, 1.54) is 0 Å². The van der Waals surface area contributed by atoms with Crippen LogP contribution in [0.15, 0.2) is 22.9 Å². The van der Waals surface area contributed by atoms with Crippen molar-refractivity contribution in [3.8, 4) is 0 Å². The number of carbonyl (C=O) groups is 1. The van der Waals surface area contributed by atoms with Crippen LogP contribution >= 0.6 is 15.9 Å². The molecule has 1 aromatic heterocycles. The molecule has 0 aliphatic carbocycles.